The van der Waals surface area contributed by atoms with Crippen LogP contribution in [0.3, 0.4) is 0 Å². The van der Waals surface area contributed by atoms with Gasteiger partial charge in [0.1, 0.15) is 5.69 Å². The smallest absolute Gasteiger partial charge is 0.303 e. The Kier molecular flexibility index (Phi) is 5.87. The Bertz CT molecular complexity index is 748. The minimum Gasteiger partial charge on any atom is -0.481 e. The molecule has 0 unspecified atom stereocenters. The highest BCUT2D eigenvalue weighted by atomic mass is 32.2. The Balaban J connectivity index is 1.88. The lowest BCUT2D eigenvalue weighted by molar-refractivity contribution is -0.137. The average Bonchev–Trinajstić information content (AvgIpc) is 2.53. The molecule has 3 N–H and O–H groups in total. The molecule has 0 fully saturated rings. The quantitative estimate of drug-likeness (QED) is 0.643. The van der Waals surface area contributed by atoms with E-state index in [1.54, 1.807) is 12.1 Å². The molecule has 1 aromatic carbocycles. The van der Waals surface area contributed by atoms with Crippen molar-refractivity contribution in [2.45, 2.75) is 18.0 Å². The first-order valence-electron chi connectivity index (χ1n) is 6.70. The maximum atomic E-state index is 11.8. The summed E-state index contributed by atoms with van der Waals surface area (Å²) in [6.45, 7) is 0. The molecule has 0 radical (unpaired) electrons. The lowest BCUT2D eigenvalue weighted by Crippen LogP contribution is -2.19. The summed E-state index contributed by atoms with van der Waals surface area (Å²) >= 11 is 1.04. The summed E-state index contributed by atoms with van der Waals surface area (Å²) in [6.07, 6.45) is -0.180. The number of nitrogens with one attached hydrogen (secondary N) is 2. The van der Waals surface area contributed by atoms with Gasteiger partial charge in [-0.1, -0.05) is 30.0 Å². The van der Waals surface area contributed by atoms with Crippen LogP contribution >= 0.6 is 11.8 Å². The van der Waals surface area contributed by atoms with Crippen LogP contribution in [-0.4, -0.2) is 37.9 Å². The van der Waals surface area contributed by atoms with Crippen molar-refractivity contribution in [2.24, 2.45) is 0 Å². The van der Waals surface area contributed by atoms with Crippen LogP contribution in [-0.2, 0) is 16.0 Å². The molecule has 9 heteroatoms. The van der Waals surface area contributed by atoms with Crippen LogP contribution in [0.1, 0.15) is 12.1 Å². The zero-order chi connectivity index (χ0) is 16.7. The van der Waals surface area contributed by atoms with Crippen molar-refractivity contribution in [3.63, 3.8) is 0 Å². The Morgan fingerprint density at radius 2 is 1.96 bits per heavy atom. The van der Waals surface area contributed by atoms with Gasteiger partial charge in [0.2, 0.25) is 5.91 Å². The number of para-hydroxylation sites is 1. The fourth-order valence-electron chi connectivity index (χ4n) is 1.65. The first kappa shape index (κ1) is 16.7. The number of hydrogen-bond donors (Lipinski definition) is 3. The van der Waals surface area contributed by atoms with E-state index in [1.165, 1.54) is 0 Å². The number of rotatable bonds is 7. The number of carbonyl (C=O) groups excluding carboxylic acids is 1. The monoisotopic (exact) mass is 334 g/mol. The molecule has 2 rings (SSSR count). The molecule has 1 aromatic heterocycles. The zero-order valence-electron chi connectivity index (χ0n) is 12.0. The van der Waals surface area contributed by atoms with Crippen molar-refractivity contribution in [1.29, 1.82) is 0 Å². The third-order valence-electron chi connectivity index (χ3n) is 2.72. The molecule has 1 heterocycles. The van der Waals surface area contributed by atoms with Gasteiger partial charge in [0, 0.05) is 12.1 Å². The number of H-pyrrole nitrogens is 1. The van der Waals surface area contributed by atoms with E-state index >= 15 is 0 Å². The van der Waals surface area contributed by atoms with Gasteiger partial charge < -0.3 is 10.4 Å². The van der Waals surface area contributed by atoms with E-state index in [-0.39, 0.29) is 35.4 Å². The molecule has 0 aliphatic carbocycles. The third kappa shape index (κ3) is 5.55. The maximum Gasteiger partial charge on any atom is 0.303 e. The van der Waals surface area contributed by atoms with Gasteiger partial charge in [0.15, 0.2) is 5.16 Å². The summed E-state index contributed by atoms with van der Waals surface area (Å²) in [7, 11) is 0. The molecular weight excluding hydrogens is 320 g/mol. The molecule has 1 amide bonds. The molecular formula is C14H14N4O4S. The predicted molar refractivity (Wildman–Crippen MR) is 84.4 cm³/mol. The molecule has 0 saturated heterocycles. The Morgan fingerprint density at radius 1 is 1.22 bits per heavy atom. The number of aromatic nitrogens is 3. The number of carboxylic acids is 1. The number of benzene rings is 1. The largest absolute Gasteiger partial charge is 0.481 e. The predicted octanol–water partition coefficient (Wildman–Crippen LogP) is 0.913. The molecule has 0 atom stereocenters. The number of nitrogens with zero attached hydrogens (tertiary/aromatic N) is 2. The molecule has 0 bridgehead atoms. The number of anilines is 1. The van der Waals surface area contributed by atoms with Gasteiger partial charge in [-0.25, -0.2) is 0 Å². The summed E-state index contributed by atoms with van der Waals surface area (Å²) in [4.78, 5) is 36.5. The Morgan fingerprint density at radius 3 is 2.61 bits per heavy atom. The highest BCUT2D eigenvalue weighted by molar-refractivity contribution is 7.99. The fraction of sp³-hybridized carbons (Fsp3) is 0.214. The molecule has 0 aliphatic rings. The number of hydrogen-bond acceptors (Lipinski definition) is 6. The minimum absolute atomic E-state index is 0.0110. The van der Waals surface area contributed by atoms with E-state index in [0.29, 0.717) is 5.69 Å². The molecule has 120 valence electrons. The van der Waals surface area contributed by atoms with Crippen LogP contribution in [0.2, 0.25) is 0 Å². The van der Waals surface area contributed by atoms with Crippen molar-refractivity contribution in [3.05, 3.63) is 46.4 Å². The van der Waals surface area contributed by atoms with Crippen molar-refractivity contribution in [3.8, 4) is 0 Å². The second-order valence-electron chi connectivity index (χ2n) is 4.50. The molecule has 8 nitrogen and oxygen atoms in total. The lowest BCUT2D eigenvalue weighted by atomic mass is 10.2. The summed E-state index contributed by atoms with van der Waals surface area (Å²) < 4.78 is 0. The summed E-state index contributed by atoms with van der Waals surface area (Å²) in [5.41, 5.74) is 0.249. The molecule has 23 heavy (non-hydrogen) atoms. The molecule has 0 spiro atoms. The Labute approximate surface area is 135 Å². The third-order valence-corrected chi connectivity index (χ3v) is 3.58. The number of aryl methyl sites for hydroxylation is 1. The zero-order valence-corrected chi connectivity index (χ0v) is 12.8. The van der Waals surface area contributed by atoms with Gasteiger partial charge in [0.25, 0.3) is 5.56 Å². The minimum atomic E-state index is -1.01. The lowest BCUT2D eigenvalue weighted by Gasteiger charge is -2.04. The number of aliphatic carboxylic acids is 1. The van der Waals surface area contributed by atoms with Crippen LogP contribution in [0, 0.1) is 0 Å². The number of carbonyl (C=O) groups is 2. The van der Waals surface area contributed by atoms with Crippen LogP contribution in [0.25, 0.3) is 0 Å². The number of aromatic amines is 1. The van der Waals surface area contributed by atoms with Crippen LogP contribution in [0.15, 0.2) is 40.3 Å². The van der Waals surface area contributed by atoms with Gasteiger partial charge >= 0.3 is 5.97 Å². The summed E-state index contributed by atoms with van der Waals surface area (Å²) in [6, 6.07) is 8.99. The van der Waals surface area contributed by atoms with E-state index in [1.807, 2.05) is 18.2 Å². The molecule has 0 saturated carbocycles. The van der Waals surface area contributed by atoms with Crippen molar-refractivity contribution >= 4 is 29.3 Å². The fourth-order valence-corrected chi connectivity index (χ4v) is 2.26. The SMILES string of the molecule is O=C(O)CCc1nnc(SCC(=O)Nc2ccccc2)[nH]c1=O. The normalized spacial score (nSPS) is 10.3. The van der Waals surface area contributed by atoms with E-state index < -0.39 is 11.5 Å². The molecule has 0 aliphatic heterocycles. The van der Waals surface area contributed by atoms with Crippen LogP contribution < -0.4 is 10.9 Å². The molecule has 2 aromatic rings. The van der Waals surface area contributed by atoms with Gasteiger partial charge in [-0.15, -0.1) is 10.2 Å². The van der Waals surface area contributed by atoms with Crippen LogP contribution in [0.4, 0.5) is 5.69 Å². The second kappa shape index (κ2) is 8.08. The Hall–Kier alpha value is -2.68. The number of carboxylic acid groups (broad SMARTS) is 1. The van der Waals surface area contributed by atoms with E-state index in [4.69, 9.17) is 5.11 Å². The van der Waals surface area contributed by atoms with Crippen molar-refractivity contribution < 1.29 is 14.7 Å². The topological polar surface area (TPSA) is 125 Å². The summed E-state index contributed by atoms with van der Waals surface area (Å²) in [5.74, 6) is -1.19. The maximum absolute atomic E-state index is 11.8. The highest BCUT2D eigenvalue weighted by Gasteiger charge is 2.09. The highest BCUT2D eigenvalue weighted by Crippen LogP contribution is 2.11. The van der Waals surface area contributed by atoms with E-state index in [0.717, 1.165) is 11.8 Å². The average molecular weight is 334 g/mol. The first-order chi connectivity index (χ1) is 11.0. The standard InChI is InChI=1S/C14H14N4O4S/c19-11(15-9-4-2-1-3-5-9)8-23-14-16-13(22)10(17-18-14)6-7-12(20)21/h1-5H,6-8H2,(H,15,19)(H,20,21)(H,16,18,22). The first-order valence-corrected chi connectivity index (χ1v) is 7.68. The van der Waals surface area contributed by atoms with Crippen molar-refractivity contribution in [2.75, 3.05) is 11.1 Å². The second-order valence-corrected chi connectivity index (χ2v) is 5.47. The van der Waals surface area contributed by atoms with Gasteiger partial charge in [-0.2, -0.15) is 0 Å². The van der Waals surface area contributed by atoms with Gasteiger partial charge in [0.05, 0.1) is 12.2 Å². The number of thioether (sulfide) groups is 1. The van der Waals surface area contributed by atoms with E-state index in [9.17, 15) is 14.4 Å². The van der Waals surface area contributed by atoms with Crippen LogP contribution in [0.5, 0.6) is 0 Å². The van der Waals surface area contributed by atoms with Gasteiger partial charge in [-0.3, -0.25) is 19.4 Å². The van der Waals surface area contributed by atoms with Gasteiger partial charge in [-0.05, 0) is 12.1 Å². The van der Waals surface area contributed by atoms with E-state index in [2.05, 4.69) is 20.5 Å². The number of amides is 1. The summed E-state index contributed by atoms with van der Waals surface area (Å²) in [5, 5.41) is 19.0. The van der Waals surface area contributed by atoms with Crippen molar-refractivity contribution in [1.82, 2.24) is 15.2 Å².